The maximum Gasteiger partial charge on any atom is 0.125 e. The number of imidazole rings is 1. The summed E-state index contributed by atoms with van der Waals surface area (Å²) in [7, 11) is 0. The van der Waals surface area contributed by atoms with Crippen molar-refractivity contribution in [2.45, 2.75) is 38.1 Å². The lowest BCUT2D eigenvalue weighted by atomic mass is 10.1. The number of halogens is 2. The van der Waals surface area contributed by atoms with Crippen LogP contribution in [0.3, 0.4) is 0 Å². The zero-order chi connectivity index (χ0) is 14.8. The number of piperidine rings is 1. The van der Waals surface area contributed by atoms with Crippen LogP contribution in [-0.2, 0) is 5.88 Å². The largest absolute Gasteiger partial charge is 0.323 e. The Morgan fingerprint density at radius 2 is 2.05 bits per heavy atom. The van der Waals surface area contributed by atoms with Gasteiger partial charge in [0.1, 0.15) is 11.6 Å². The summed E-state index contributed by atoms with van der Waals surface area (Å²) in [5, 5.41) is 0. The van der Waals surface area contributed by atoms with E-state index in [2.05, 4.69) is 21.4 Å². The van der Waals surface area contributed by atoms with Gasteiger partial charge in [0.2, 0.25) is 0 Å². The van der Waals surface area contributed by atoms with Crippen molar-refractivity contribution in [1.82, 2.24) is 14.5 Å². The lowest BCUT2D eigenvalue weighted by Gasteiger charge is -2.30. The van der Waals surface area contributed by atoms with Crippen molar-refractivity contribution in [2.24, 2.45) is 0 Å². The molecule has 3 nitrogen and oxygen atoms in total. The van der Waals surface area contributed by atoms with Gasteiger partial charge in [-0.3, -0.25) is 0 Å². The molecule has 1 aliphatic heterocycles. The van der Waals surface area contributed by atoms with E-state index in [4.69, 9.17) is 11.6 Å². The Morgan fingerprint density at radius 1 is 1.29 bits per heavy atom. The summed E-state index contributed by atoms with van der Waals surface area (Å²) in [6.45, 7) is 5.44. The fourth-order valence-electron chi connectivity index (χ4n) is 3.30. The molecule has 0 N–H and O–H groups in total. The fourth-order valence-corrected chi connectivity index (χ4v) is 3.49. The monoisotopic (exact) mass is 309 g/mol. The Balaban J connectivity index is 1.91. The zero-order valence-electron chi connectivity index (χ0n) is 12.4. The summed E-state index contributed by atoms with van der Waals surface area (Å²) >= 11 is 6.04. The van der Waals surface area contributed by atoms with Crippen LogP contribution in [0.5, 0.6) is 0 Å². The maximum absolute atomic E-state index is 13.6. The van der Waals surface area contributed by atoms with E-state index in [0.717, 1.165) is 36.5 Å². The van der Waals surface area contributed by atoms with E-state index in [9.17, 15) is 4.39 Å². The molecule has 0 spiro atoms. The Kier molecular flexibility index (Phi) is 4.45. The van der Waals surface area contributed by atoms with E-state index < -0.39 is 0 Å². The van der Waals surface area contributed by atoms with Crippen molar-refractivity contribution >= 4 is 22.6 Å². The lowest BCUT2D eigenvalue weighted by molar-refractivity contribution is 0.202. The smallest absolute Gasteiger partial charge is 0.125 e. The van der Waals surface area contributed by atoms with Crippen molar-refractivity contribution < 1.29 is 4.39 Å². The third-order valence-corrected chi connectivity index (χ3v) is 4.50. The fraction of sp³-hybridized carbons (Fsp3) is 0.562. The molecule has 0 radical (unpaired) electrons. The number of hydrogen-bond donors (Lipinski definition) is 0. The highest BCUT2D eigenvalue weighted by Crippen LogP contribution is 2.24. The van der Waals surface area contributed by atoms with Gasteiger partial charge in [-0.1, -0.05) is 6.42 Å². The predicted molar refractivity (Wildman–Crippen MR) is 84.3 cm³/mol. The molecular weight excluding hydrogens is 289 g/mol. The summed E-state index contributed by atoms with van der Waals surface area (Å²) in [6.07, 6.45) is 3.87. The van der Waals surface area contributed by atoms with E-state index in [1.165, 1.54) is 25.3 Å². The van der Waals surface area contributed by atoms with Gasteiger partial charge in [-0.05, 0) is 51.1 Å². The SMILES string of the molecule is CC(CN1CCCCC1)n1c(CCl)nc2ccc(F)cc21. The van der Waals surface area contributed by atoms with Crippen LogP contribution in [0, 0.1) is 5.82 Å². The number of alkyl halides is 1. The van der Waals surface area contributed by atoms with Crippen LogP contribution in [0.1, 0.15) is 38.1 Å². The van der Waals surface area contributed by atoms with Crippen molar-refractivity contribution in [3.8, 4) is 0 Å². The molecule has 3 rings (SSSR count). The molecule has 5 heteroatoms. The molecule has 0 saturated carbocycles. The van der Waals surface area contributed by atoms with Crippen LogP contribution in [0.15, 0.2) is 18.2 Å². The van der Waals surface area contributed by atoms with Crippen molar-refractivity contribution in [3.05, 3.63) is 29.8 Å². The molecule has 0 bridgehead atoms. The molecule has 114 valence electrons. The molecule has 1 unspecified atom stereocenters. The van der Waals surface area contributed by atoms with Gasteiger partial charge < -0.3 is 9.47 Å². The molecule has 1 saturated heterocycles. The number of benzene rings is 1. The Morgan fingerprint density at radius 3 is 2.76 bits per heavy atom. The number of aromatic nitrogens is 2. The normalized spacial score (nSPS) is 18.2. The first-order valence-electron chi connectivity index (χ1n) is 7.63. The molecule has 21 heavy (non-hydrogen) atoms. The van der Waals surface area contributed by atoms with Crippen molar-refractivity contribution in [2.75, 3.05) is 19.6 Å². The van der Waals surface area contributed by atoms with E-state index in [1.807, 2.05) is 0 Å². The van der Waals surface area contributed by atoms with Crippen molar-refractivity contribution in [1.29, 1.82) is 0 Å². The van der Waals surface area contributed by atoms with Gasteiger partial charge in [0.05, 0.1) is 16.9 Å². The zero-order valence-corrected chi connectivity index (χ0v) is 13.1. The van der Waals surface area contributed by atoms with Crippen LogP contribution in [0.25, 0.3) is 11.0 Å². The average molecular weight is 310 g/mol. The second kappa shape index (κ2) is 6.32. The predicted octanol–water partition coefficient (Wildman–Crippen LogP) is 3.96. The summed E-state index contributed by atoms with van der Waals surface area (Å²) in [6, 6.07) is 4.98. The molecule has 0 aliphatic carbocycles. The highest BCUT2D eigenvalue weighted by molar-refractivity contribution is 6.16. The summed E-state index contributed by atoms with van der Waals surface area (Å²) in [5.41, 5.74) is 1.66. The quantitative estimate of drug-likeness (QED) is 0.797. The molecular formula is C16H21ClFN3. The molecule has 0 amide bonds. The second-order valence-electron chi connectivity index (χ2n) is 5.87. The van der Waals surface area contributed by atoms with E-state index >= 15 is 0 Å². The van der Waals surface area contributed by atoms with Gasteiger partial charge in [0.15, 0.2) is 0 Å². The number of hydrogen-bond acceptors (Lipinski definition) is 2. The van der Waals surface area contributed by atoms with Crippen LogP contribution >= 0.6 is 11.6 Å². The summed E-state index contributed by atoms with van der Waals surface area (Å²) in [5.74, 6) is 0.942. The average Bonchev–Trinajstić information content (AvgIpc) is 2.86. The van der Waals surface area contributed by atoms with Gasteiger partial charge in [0.25, 0.3) is 0 Å². The van der Waals surface area contributed by atoms with E-state index in [0.29, 0.717) is 5.88 Å². The van der Waals surface area contributed by atoms with Crippen LogP contribution in [0.4, 0.5) is 4.39 Å². The van der Waals surface area contributed by atoms with Gasteiger partial charge in [-0.2, -0.15) is 0 Å². The third kappa shape index (κ3) is 3.06. The van der Waals surface area contributed by atoms with Gasteiger partial charge >= 0.3 is 0 Å². The summed E-state index contributed by atoms with van der Waals surface area (Å²) < 4.78 is 15.7. The molecule has 1 aromatic carbocycles. The van der Waals surface area contributed by atoms with E-state index in [1.54, 1.807) is 12.1 Å². The van der Waals surface area contributed by atoms with Crippen LogP contribution < -0.4 is 0 Å². The minimum atomic E-state index is -0.227. The first-order chi connectivity index (χ1) is 10.2. The number of likely N-dealkylation sites (tertiary alicyclic amines) is 1. The Bertz CT molecular complexity index is 619. The number of nitrogens with zero attached hydrogens (tertiary/aromatic N) is 3. The third-order valence-electron chi connectivity index (χ3n) is 4.26. The van der Waals surface area contributed by atoms with Crippen LogP contribution in [0.2, 0.25) is 0 Å². The highest BCUT2D eigenvalue weighted by atomic mass is 35.5. The highest BCUT2D eigenvalue weighted by Gasteiger charge is 2.19. The topological polar surface area (TPSA) is 21.1 Å². The first kappa shape index (κ1) is 14.8. The molecule has 2 heterocycles. The van der Waals surface area contributed by atoms with Gasteiger partial charge in [-0.15, -0.1) is 11.6 Å². The second-order valence-corrected chi connectivity index (χ2v) is 6.14. The molecule has 1 aromatic heterocycles. The number of rotatable bonds is 4. The summed E-state index contributed by atoms with van der Waals surface area (Å²) in [4.78, 5) is 7.02. The minimum Gasteiger partial charge on any atom is -0.323 e. The van der Waals surface area contributed by atoms with E-state index in [-0.39, 0.29) is 11.9 Å². The van der Waals surface area contributed by atoms with Gasteiger partial charge in [-0.25, -0.2) is 9.37 Å². The first-order valence-corrected chi connectivity index (χ1v) is 8.17. The molecule has 1 aliphatic rings. The molecule has 1 atom stereocenters. The maximum atomic E-state index is 13.6. The molecule has 1 fully saturated rings. The minimum absolute atomic E-state index is 0.227. The lowest BCUT2D eigenvalue weighted by Crippen LogP contribution is -2.34. The van der Waals surface area contributed by atoms with Crippen LogP contribution in [-0.4, -0.2) is 34.1 Å². The molecule has 2 aromatic rings. The Hall–Kier alpha value is -1.13. The Labute approximate surface area is 129 Å². The number of fused-ring (bicyclic) bond motifs is 1. The van der Waals surface area contributed by atoms with Gasteiger partial charge in [0, 0.05) is 12.6 Å². The standard InChI is InChI=1S/C16H21ClFN3/c1-12(11-20-7-3-2-4-8-20)21-15-9-13(18)5-6-14(15)19-16(21)10-17/h5-6,9,12H,2-4,7-8,10-11H2,1H3. The van der Waals surface area contributed by atoms with Crippen molar-refractivity contribution in [3.63, 3.8) is 0 Å².